The van der Waals surface area contributed by atoms with Gasteiger partial charge in [-0.3, -0.25) is 4.79 Å². The lowest BCUT2D eigenvalue weighted by atomic mass is 10.0. The zero-order valence-electron chi connectivity index (χ0n) is 13.8. The van der Waals surface area contributed by atoms with Crippen molar-refractivity contribution in [2.24, 2.45) is 0 Å². The lowest BCUT2D eigenvalue weighted by molar-refractivity contribution is -0.0523. The molecule has 0 radical (unpaired) electrons. The van der Waals surface area contributed by atoms with Gasteiger partial charge in [0.2, 0.25) is 10.0 Å². The third-order valence-corrected chi connectivity index (χ3v) is 6.05. The molecule has 26 heavy (non-hydrogen) atoms. The summed E-state index contributed by atoms with van der Waals surface area (Å²) < 4.78 is 46.1. The minimum Gasteiger partial charge on any atom is -0.377 e. The van der Waals surface area contributed by atoms with E-state index in [1.54, 1.807) is 6.92 Å². The summed E-state index contributed by atoms with van der Waals surface area (Å²) in [6.07, 6.45) is 0. The van der Waals surface area contributed by atoms with E-state index in [0.29, 0.717) is 18.9 Å². The molecule has 0 atom stereocenters. The van der Waals surface area contributed by atoms with Gasteiger partial charge >= 0.3 is 0 Å². The maximum atomic E-state index is 13.3. The third kappa shape index (κ3) is 4.12. The van der Waals surface area contributed by atoms with Crippen LogP contribution in [0.25, 0.3) is 0 Å². The molecule has 3 rings (SSSR count). The van der Waals surface area contributed by atoms with Gasteiger partial charge in [0, 0.05) is 11.3 Å². The summed E-state index contributed by atoms with van der Waals surface area (Å²) >= 11 is 3.05. The Morgan fingerprint density at radius 3 is 2.58 bits per heavy atom. The lowest BCUT2D eigenvalue weighted by Crippen LogP contribution is -2.59. The fourth-order valence-corrected chi connectivity index (χ4v) is 4.24. The Bertz CT molecular complexity index is 961. The molecule has 138 valence electrons. The van der Waals surface area contributed by atoms with Crippen molar-refractivity contribution >= 4 is 37.5 Å². The molecule has 0 saturated carbocycles. The lowest BCUT2D eigenvalue weighted by Gasteiger charge is -2.38. The number of sulfonamides is 1. The van der Waals surface area contributed by atoms with Crippen LogP contribution in [0.2, 0.25) is 0 Å². The first-order valence-electron chi connectivity index (χ1n) is 7.67. The number of nitrogens with one attached hydrogen (secondary N) is 2. The minimum absolute atomic E-state index is 0.0152. The number of anilines is 1. The van der Waals surface area contributed by atoms with Gasteiger partial charge in [-0.05, 0) is 59.3 Å². The van der Waals surface area contributed by atoms with E-state index < -0.39 is 27.3 Å². The van der Waals surface area contributed by atoms with Gasteiger partial charge < -0.3 is 10.1 Å². The Labute approximate surface area is 158 Å². The number of carbonyl (C=O) groups is 1. The highest BCUT2D eigenvalue weighted by Crippen LogP contribution is 2.22. The monoisotopic (exact) mass is 442 g/mol. The van der Waals surface area contributed by atoms with Gasteiger partial charge in [-0.15, -0.1) is 0 Å². The van der Waals surface area contributed by atoms with Crippen LogP contribution in [0.5, 0.6) is 0 Å². The summed E-state index contributed by atoms with van der Waals surface area (Å²) in [5.41, 5.74) is -0.0885. The van der Waals surface area contributed by atoms with Crippen LogP contribution in [-0.2, 0) is 14.8 Å². The molecule has 0 aromatic heterocycles. The van der Waals surface area contributed by atoms with Gasteiger partial charge in [-0.2, -0.15) is 0 Å². The molecule has 0 unspecified atom stereocenters. The molecule has 9 heteroatoms. The molecule has 0 spiro atoms. The number of hydrogen-bond donors (Lipinski definition) is 2. The Hall–Kier alpha value is -1.81. The summed E-state index contributed by atoms with van der Waals surface area (Å²) in [6, 6.07) is 9.75. The number of benzene rings is 2. The molecule has 0 bridgehead atoms. The summed E-state index contributed by atoms with van der Waals surface area (Å²) in [5.74, 6) is -0.950. The largest absolute Gasteiger partial charge is 0.377 e. The van der Waals surface area contributed by atoms with Gasteiger partial charge in [0.05, 0.1) is 28.1 Å². The number of amides is 1. The van der Waals surface area contributed by atoms with Gasteiger partial charge in [0.25, 0.3) is 5.91 Å². The second-order valence-corrected chi connectivity index (χ2v) is 8.81. The van der Waals surface area contributed by atoms with E-state index in [1.165, 1.54) is 42.5 Å². The van der Waals surface area contributed by atoms with Gasteiger partial charge in [0.15, 0.2) is 0 Å². The maximum absolute atomic E-state index is 13.3. The number of ether oxygens (including phenoxy) is 1. The van der Waals surface area contributed by atoms with Crippen LogP contribution in [0.1, 0.15) is 17.3 Å². The van der Waals surface area contributed by atoms with Crippen LogP contribution in [0, 0.1) is 5.82 Å². The van der Waals surface area contributed by atoms with Crippen LogP contribution in [-0.4, -0.2) is 33.1 Å². The van der Waals surface area contributed by atoms with Crippen molar-refractivity contribution in [3.05, 3.63) is 58.3 Å². The summed E-state index contributed by atoms with van der Waals surface area (Å²) in [4.78, 5) is 12.4. The predicted molar refractivity (Wildman–Crippen MR) is 98.0 cm³/mol. The number of hydrogen-bond acceptors (Lipinski definition) is 4. The maximum Gasteiger partial charge on any atom is 0.255 e. The van der Waals surface area contributed by atoms with Crippen LogP contribution >= 0.6 is 15.9 Å². The first-order valence-corrected chi connectivity index (χ1v) is 9.94. The number of carbonyl (C=O) groups excluding carboxylic acids is 1. The fourth-order valence-electron chi connectivity index (χ4n) is 2.43. The Morgan fingerprint density at radius 2 is 1.96 bits per heavy atom. The van der Waals surface area contributed by atoms with E-state index >= 15 is 0 Å². The Balaban J connectivity index is 1.79. The zero-order valence-corrected chi connectivity index (χ0v) is 16.2. The average molecular weight is 443 g/mol. The third-order valence-electron chi connectivity index (χ3n) is 3.81. The van der Waals surface area contributed by atoms with Crippen molar-refractivity contribution in [2.45, 2.75) is 17.4 Å². The molecule has 0 aliphatic carbocycles. The van der Waals surface area contributed by atoms with E-state index in [9.17, 15) is 17.6 Å². The predicted octanol–water partition coefficient (Wildman–Crippen LogP) is 2.91. The molecular weight excluding hydrogens is 427 g/mol. The molecule has 1 fully saturated rings. The van der Waals surface area contributed by atoms with Crippen molar-refractivity contribution in [3.8, 4) is 0 Å². The molecule has 1 aliphatic heterocycles. The van der Waals surface area contributed by atoms with Crippen molar-refractivity contribution in [1.29, 1.82) is 0 Å². The van der Waals surface area contributed by atoms with Crippen LogP contribution in [0.15, 0.2) is 51.8 Å². The second kappa shape index (κ2) is 7.07. The van der Waals surface area contributed by atoms with Crippen molar-refractivity contribution < 1.29 is 22.3 Å². The Kier molecular flexibility index (Phi) is 5.16. The van der Waals surface area contributed by atoms with Crippen LogP contribution in [0.4, 0.5) is 10.1 Å². The van der Waals surface area contributed by atoms with Gasteiger partial charge in [-0.1, -0.05) is 6.07 Å². The Morgan fingerprint density at radius 1 is 1.23 bits per heavy atom. The van der Waals surface area contributed by atoms with Crippen molar-refractivity contribution in [2.75, 3.05) is 18.5 Å². The summed E-state index contributed by atoms with van der Waals surface area (Å²) in [7, 11) is -3.79. The highest BCUT2D eigenvalue weighted by Gasteiger charge is 2.37. The van der Waals surface area contributed by atoms with E-state index in [-0.39, 0.29) is 14.9 Å². The standard InChI is InChI=1S/C17H16BrFN2O4S/c1-17(9-25-10-17)21-26(23,24)13-4-2-3-11(7-13)16(22)20-12-5-6-15(19)14(18)8-12/h2-8,21H,9-10H2,1H3,(H,20,22). The molecule has 1 heterocycles. The van der Waals surface area contributed by atoms with Crippen LogP contribution < -0.4 is 10.0 Å². The minimum atomic E-state index is -3.79. The van der Waals surface area contributed by atoms with Crippen molar-refractivity contribution in [3.63, 3.8) is 0 Å². The highest BCUT2D eigenvalue weighted by atomic mass is 79.9. The average Bonchev–Trinajstić information content (AvgIpc) is 2.56. The highest BCUT2D eigenvalue weighted by molar-refractivity contribution is 9.10. The molecule has 2 aromatic rings. The molecule has 2 N–H and O–H groups in total. The summed E-state index contributed by atoms with van der Waals surface area (Å²) in [6.45, 7) is 2.34. The molecular formula is C17H16BrFN2O4S. The van der Waals surface area contributed by atoms with Crippen LogP contribution in [0.3, 0.4) is 0 Å². The van der Waals surface area contributed by atoms with Gasteiger partial charge in [-0.25, -0.2) is 17.5 Å². The summed E-state index contributed by atoms with van der Waals surface area (Å²) in [5, 5.41) is 2.60. The fraction of sp³-hybridized carbons (Fsp3) is 0.235. The van der Waals surface area contributed by atoms with Crippen molar-refractivity contribution in [1.82, 2.24) is 4.72 Å². The molecule has 2 aromatic carbocycles. The quantitative estimate of drug-likeness (QED) is 0.745. The SMILES string of the molecule is CC1(NS(=O)(=O)c2cccc(C(=O)Nc3ccc(F)c(Br)c3)c2)COC1. The number of halogens is 2. The van der Waals surface area contributed by atoms with E-state index in [4.69, 9.17) is 4.74 Å². The molecule has 1 aliphatic rings. The number of rotatable bonds is 5. The van der Waals surface area contributed by atoms with E-state index in [1.807, 2.05) is 0 Å². The molecule has 6 nitrogen and oxygen atoms in total. The normalized spacial score (nSPS) is 16.0. The smallest absolute Gasteiger partial charge is 0.255 e. The molecule has 1 amide bonds. The first kappa shape index (κ1) is 19.0. The first-order chi connectivity index (χ1) is 12.2. The zero-order chi connectivity index (χ0) is 18.9. The molecule has 1 saturated heterocycles. The second-order valence-electron chi connectivity index (χ2n) is 6.27. The topological polar surface area (TPSA) is 84.5 Å². The van der Waals surface area contributed by atoms with E-state index in [2.05, 4.69) is 26.0 Å². The van der Waals surface area contributed by atoms with Gasteiger partial charge in [0.1, 0.15) is 5.82 Å². The van der Waals surface area contributed by atoms with E-state index in [0.717, 1.165) is 0 Å².